The topological polar surface area (TPSA) is 73.6 Å². The minimum atomic E-state index is -0.117. The van der Waals surface area contributed by atoms with Gasteiger partial charge in [0.05, 0.1) is 7.11 Å². The van der Waals surface area contributed by atoms with Crippen molar-refractivity contribution in [2.75, 3.05) is 26.8 Å². The van der Waals surface area contributed by atoms with Crippen LogP contribution in [0, 0.1) is 5.92 Å². The SMILES string of the molecule is COc1ccc(OCC(=O)NCC(C)C)c(CCN)c1. The van der Waals surface area contributed by atoms with Gasteiger partial charge in [0.15, 0.2) is 6.61 Å². The molecule has 0 bridgehead atoms. The van der Waals surface area contributed by atoms with Gasteiger partial charge in [-0.15, -0.1) is 0 Å². The third-order valence-corrected chi connectivity index (χ3v) is 2.75. The summed E-state index contributed by atoms with van der Waals surface area (Å²) in [5, 5.41) is 2.81. The Kier molecular flexibility index (Phi) is 6.87. The monoisotopic (exact) mass is 280 g/mol. The number of nitrogens with one attached hydrogen (secondary N) is 1. The number of nitrogens with two attached hydrogens (primary N) is 1. The third kappa shape index (κ3) is 5.48. The summed E-state index contributed by atoms with van der Waals surface area (Å²) in [6, 6.07) is 5.50. The maximum absolute atomic E-state index is 11.6. The zero-order valence-electron chi connectivity index (χ0n) is 12.4. The number of carbonyl (C=O) groups excluding carboxylic acids is 1. The molecule has 0 heterocycles. The number of ether oxygens (including phenoxy) is 2. The second-order valence-corrected chi connectivity index (χ2v) is 5.00. The van der Waals surface area contributed by atoms with Crippen molar-refractivity contribution in [3.63, 3.8) is 0 Å². The molecule has 1 amide bonds. The lowest BCUT2D eigenvalue weighted by atomic mass is 10.1. The van der Waals surface area contributed by atoms with E-state index in [0.29, 0.717) is 31.2 Å². The third-order valence-electron chi connectivity index (χ3n) is 2.75. The highest BCUT2D eigenvalue weighted by Gasteiger charge is 2.08. The lowest BCUT2D eigenvalue weighted by molar-refractivity contribution is -0.123. The lowest BCUT2D eigenvalue weighted by Crippen LogP contribution is -2.31. The van der Waals surface area contributed by atoms with Crippen molar-refractivity contribution >= 4 is 5.91 Å². The minimum absolute atomic E-state index is 0.0105. The molecular weight excluding hydrogens is 256 g/mol. The van der Waals surface area contributed by atoms with Crippen LogP contribution >= 0.6 is 0 Å². The van der Waals surface area contributed by atoms with Crippen LogP contribution in [0.3, 0.4) is 0 Å². The first-order valence-corrected chi connectivity index (χ1v) is 6.83. The van der Waals surface area contributed by atoms with E-state index in [1.807, 2.05) is 19.9 Å². The molecule has 0 saturated carbocycles. The quantitative estimate of drug-likeness (QED) is 0.754. The predicted octanol–water partition coefficient (Wildman–Crippen LogP) is 1.35. The predicted molar refractivity (Wildman–Crippen MR) is 79.1 cm³/mol. The molecule has 3 N–H and O–H groups in total. The number of benzene rings is 1. The molecule has 5 nitrogen and oxygen atoms in total. The lowest BCUT2D eigenvalue weighted by Gasteiger charge is -2.13. The van der Waals surface area contributed by atoms with E-state index in [-0.39, 0.29) is 12.5 Å². The molecule has 0 aliphatic heterocycles. The van der Waals surface area contributed by atoms with Gasteiger partial charge in [0.25, 0.3) is 5.91 Å². The highest BCUT2D eigenvalue weighted by atomic mass is 16.5. The Balaban J connectivity index is 2.60. The Hall–Kier alpha value is -1.75. The maximum atomic E-state index is 11.6. The Morgan fingerprint density at radius 1 is 1.40 bits per heavy atom. The zero-order valence-corrected chi connectivity index (χ0v) is 12.4. The molecule has 112 valence electrons. The van der Waals surface area contributed by atoms with Gasteiger partial charge in [-0.05, 0) is 42.6 Å². The highest BCUT2D eigenvalue weighted by Crippen LogP contribution is 2.24. The molecule has 0 aromatic heterocycles. The van der Waals surface area contributed by atoms with Gasteiger partial charge in [-0.3, -0.25) is 4.79 Å². The number of hydrogen-bond donors (Lipinski definition) is 2. The van der Waals surface area contributed by atoms with Gasteiger partial charge in [0.2, 0.25) is 0 Å². The zero-order chi connectivity index (χ0) is 15.0. The van der Waals surface area contributed by atoms with Gasteiger partial charge in [-0.2, -0.15) is 0 Å². The number of methoxy groups -OCH3 is 1. The fourth-order valence-corrected chi connectivity index (χ4v) is 1.69. The van der Waals surface area contributed by atoms with Crippen molar-refractivity contribution in [3.8, 4) is 11.5 Å². The first kappa shape index (κ1) is 16.3. The summed E-state index contributed by atoms with van der Waals surface area (Å²) in [6.07, 6.45) is 0.681. The van der Waals surface area contributed by atoms with E-state index in [1.165, 1.54) is 0 Å². The van der Waals surface area contributed by atoms with Crippen molar-refractivity contribution in [2.45, 2.75) is 20.3 Å². The Bertz CT molecular complexity index is 433. The molecule has 0 unspecified atom stereocenters. The van der Waals surface area contributed by atoms with E-state index >= 15 is 0 Å². The molecule has 0 fully saturated rings. The first-order valence-electron chi connectivity index (χ1n) is 6.83. The highest BCUT2D eigenvalue weighted by molar-refractivity contribution is 5.77. The average Bonchev–Trinajstić information content (AvgIpc) is 2.43. The first-order chi connectivity index (χ1) is 9.56. The van der Waals surface area contributed by atoms with Gasteiger partial charge >= 0.3 is 0 Å². The van der Waals surface area contributed by atoms with Crippen molar-refractivity contribution in [1.29, 1.82) is 0 Å². The molecule has 0 spiro atoms. The van der Waals surface area contributed by atoms with Crippen LogP contribution in [0.15, 0.2) is 18.2 Å². The summed E-state index contributed by atoms with van der Waals surface area (Å²) in [4.78, 5) is 11.6. The van der Waals surface area contributed by atoms with E-state index in [0.717, 1.165) is 11.3 Å². The molecule has 0 aliphatic rings. The molecule has 1 aromatic carbocycles. The van der Waals surface area contributed by atoms with Gasteiger partial charge < -0.3 is 20.5 Å². The fraction of sp³-hybridized carbons (Fsp3) is 0.533. The summed E-state index contributed by atoms with van der Waals surface area (Å²) in [5.74, 6) is 1.74. The van der Waals surface area contributed by atoms with E-state index < -0.39 is 0 Å². The molecule has 20 heavy (non-hydrogen) atoms. The minimum Gasteiger partial charge on any atom is -0.497 e. The number of hydrogen-bond acceptors (Lipinski definition) is 4. The summed E-state index contributed by atoms with van der Waals surface area (Å²) in [7, 11) is 1.61. The van der Waals surface area contributed by atoms with E-state index in [1.54, 1.807) is 19.2 Å². The van der Waals surface area contributed by atoms with E-state index in [4.69, 9.17) is 15.2 Å². The van der Waals surface area contributed by atoms with Crippen LogP contribution in [0.5, 0.6) is 11.5 Å². The van der Waals surface area contributed by atoms with Crippen molar-refractivity contribution in [2.24, 2.45) is 11.7 Å². The number of amides is 1. The molecule has 0 atom stereocenters. The normalized spacial score (nSPS) is 10.4. The largest absolute Gasteiger partial charge is 0.497 e. The fourth-order valence-electron chi connectivity index (χ4n) is 1.69. The molecule has 0 saturated heterocycles. The Morgan fingerprint density at radius 2 is 2.15 bits per heavy atom. The average molecular weight is 280 g/mol. The van der Waals surface area contributed by atoms with E-state index in [9.17, 15) is 4.79 Å². The summed E-state index contributed by atoms with van der Waals surface area (Å²) in [5.41, 5.74) is 6.53. The van der Waals surface area contributed by atoms with Crippen LogP contribution in [-0.2, 0) is 11.2 Å². The van der Waals surface area contributed by atoms with Gasteiger partial charge in [-0.25, -0.2) is 0 Å². The van der Waals surface area contributed by atoms with Gasteiger partial charge in [0, 0.05) is 6.54 Å². The van der Waals surface area contributed by atoms with Crippen LogP contribution in [0.4, 0.5) is 0 Å². The van der Waals surface area contributed by atoms with Crippen LogP contribution < -0.4 is 20.5 Å². The van der Waals surface area contributed by atoms with Crippen molar-refractivity contribution in [3.05, 3.63) is 23.8 Å². The molecule has 1 rings (SSSR count). The number of carbonyl (C=O) groups is 1. The Labute approximate surface area is 120 Å². The number of rotatable bonds is 8. The summed E-state index contributed by atoms with van der Waals surface area (Å²) >= 11 is 0. The van der Waals surface area contributed by atoms with Crippen LogP contribution in [0.2, 0.25) is 0 Å². The van der Waals surface area contributed by atoms with Gasteiger partial charge in [-0.1, -0.05) is 13.8 Å². The van der Waals surface area contributed by atoms with Crippen molar-refractivity contribution < 1.29 is 14.3 Å². The van der Waals surface area contributed by atoms with Crippen LogP contribution in [0.1, 0.15) is 19.4 Å². The maximum Gasteiger partial charge on any atom is 0.257 e. The molecule has 5 heteroatoms. The molecule has 0 aliphatic carbocycles. The second kappa shape index (κ2) is 8.43. The van der Waals surface area contributed by atoms with Crippen LogP contribution in [0.25, 0.3) is 0 Å². The Morgan fingerprint density at radius 3 is 2.75 bits per heavy atom. The standard InChI is InChI=1S/C15H24N2O3/c1-11(2)9-17-15(18)10-20-14-5-4-13(19-3)8-12(14)6-7-16/h4-5,8,11H,6-7,9-10,16H2,1-3H3,(H,17,18). The van der Waals surface area contributed by atoms with Crippen molar-refractivity contribution in [1.82, 2.24) is 5.32 Å². The van der Waals surface area contributed by atoms with E-state index in [2.05, 4.69) is 5.32 Å². The molecular formula is C15H24N2O3. The molecule has 1 aromatic rings. The summed E-state index contributed by atoms with van der Waals surface area (Å²) in [6.45, 7) is 5.27. The second-order valence-electron chi connectivity index (χ2n) is 5.00. The van der Waals surface area contributed by atoms with Crippen LogP contribution in [-0.4, -0.2) is 32.7 Å². The smallest absolute Gasteiger partial charge is 0.257 e. The summed E-state index contributed by atoms with van der Waals surface area (Å²) < 4.78 is 10.7. The molecule has 0 radical (unpaired) electrons. The van der Waals surface area contributed by atoms with Gasteiger partial charge in [0.1, 0.15) is 11.5 Å².